The van der Waals surface area contributed by atoms with Gasteiger partial charge in [-0.05, 0) is 0 Å². The summed E-state index contributed by atoms with van der Waals surface area (Å²) in [5.74, 6) is 0. The Morgan fingerprint density at radius 2 is 1.33 bits per heavy atom. The van der Waals surface area contributed by atoms with Crippen LogP contribution in [0.15, 0.2) is 23.8 Å². The maximum atomic E-state index is 2.51. The molecular weight excluding hydrogens is 355 g/mol. The minimum absolute atomic E-state index is 0.232. The van der Waals surface area contributed by atoms with E-state index in [1.165, 1.54) is 25.7 Å². The van der Waals surface area contributed by atoms with Gasteiger partial charge in [0, 0.05) is 0 Å². The fourth-order valence-corrected chi connectivity index (χ4v) is 6.92. The summed E-state index contributed by atoms with van der Waals surface area (Å²) in [6.07, 6.45) is 14.8. The molecule has 0 heterocycles. The van der Waals surface area contributed by atoms with E-state index < -0.39 is 0 Å². The van der Waals surface area contributed by atoms with Gasteiger partial charge in [0.1, 0.15) is 0 Å². The van der Waals surface area contributed by atoms with Crippen LogP contribution in [0.25, 0.3) is 11.6 Å². The second kappa shape index (κ2) is 6.08. The van der Waals surface area contributed by atoms with Crippen LogP contribution in [0, 0.1) is 10.8 Å². The van der Waals surface area contributed by atoms with Crippen molar-refractivity contribution in [1.82, 2.24) is 0 Å². The van der Waals surface area contributed by atoms with Crippen LogP contribution in [-0.2, 0) is 17.3 Å². The zero-order valence-corrected chi connectivity index (χ0v) is 20.7. The van der Waals surface area contributed by atoms with Crippen molar-refractivity contribution in [1.29, 1.82) is 0 Å². The summed E-state index contributed by atoms with van der Waals surface area (Å²) in [5.41, 5.74) is 14.2. The van der Waals surface area contributed by atoms with E-state index >= 15 is 0 Å². The quantitative estimate of drug-likeness (QED) is 0.399. The van der Waals surface area contributed by atoms with Crippen LogP contribution in [-0.4, -0.2) is 17.7 Å². The predicted octanol–water partition coefficient (Wildman–Crippen LogP) is 7.59. The molecule has 4 aliphatic rings. The molecule has 0 spiro atoms. The Morgan fingerprint density at radius 3 is 2.00 bits per heavy atom. The van der Waals surface area contributed by atoms with Crippen LogP contribution >= 0.6 is 0 Å². The van der Waals surface area contributed by atoms with E-state index in [4.69, 9.17) is 0 Å². The molecule has 1 atom stereocenters. The Hall–Kier alpha value is -0.963. The molecule has 30 heavy (non-hydrogen) atoms. The van der Waals surface area contributed by atoms with Crippen molar-refractivity contribution in [3.8, 4) is 0 Å². The van der Waals surface area contributed by atoms with Crippen molar-refractivity contribution in [2.75, 3.05) is 0 Å². The van der Waals surface area contributed by atoms with Crippen molar-refractivity contribution in [3.05, 3.63) is 57.2 Å². The first kappa shape index (κ1) is 20.9. The normalized spacial score (nSPS) is 28.7. The van der Waals surface area contributed by atoms with Gasteiger partial charge in [0.25, 0.3) is 0 Å². The monoisotopic (exact) mass is 392 g/mol. The molecule has 0 nitrogen and oxygen atoms in total. The number of allylic oxidation sites excluding steroid dienone is 5. The Morgan fingerprint density at radius 1 is 0.767 bits per heavy atom. The predicted molar refractivity (Wildman–Crippen MR) is 131 cm³/mol. The number of benzene rings is 1. The summed E-state index contributed by atoms with van der Waals surface area (Å²) in [6.45, 7) is 19.6. The number of hydrogen-bond acceptors (Lipinski definition) is 0. The molecule has 1 heteroatoms. The maximum absolute atomic E-state index is 2.51. The van der Waals surface area contributed by atoms with Crippen LogP contribution in [0.1, 0.15) is 113 Å². The molecule has 0 aliphatic heterocycles. The molecule has 0 N–H and O–H groups in total. The molecule has 0 fully saturated rings. The standard InChI is InChI=1S/C29H37.Li/c1-26(2)11-9-18-15-20-23(21(18)16-26)22-17-27(3,4)12-10-19(22)24-25(20)29(7,8)14-13-28(24,5)6;/h9-12,15H,13-14,16-17H2,1-8H3;. The van der Waals surface area contributed by atoms with Crippen LogP contribution in [0.3, 0.4) is 0 Å². The first-order valence-electron chi connectivity index (χ1n) is 12.1. The number of fused-ring (bicyclic) bond motifs is 7. The molecule has 0 amide bonds. The van der Waals surface area contributed by atoms with Crippen LogP contribution in [0.2, 0.25) is 0 Å². The molecule has 0 bridgehead atoms. The third kappa shape index (κ3) is 2.86. The van der Waals surface area contributed by atoms with E-state index in [1.54, 1.807) is 44.5 Å². The third-order valence-electron chi connectivity index (χ3n) is 8.64. The van der Waals surface area contributed by atoms with Crippen LogP contribution in [0.5, 0.6) is 0 Å². The van der Waals surface area contributed by atoms with Gasteiger partial charge in [0.2, 0.25) is 0 Å². The molecule has 1 unspecified atom stereocenters. The summed E-state index contributed by atoms with van der Waals surface area (Å²) in [5, 5.41) is 0. The third-order valence-corrected chi connectivity index (χ3v) is 8.64. The average Bonchev–Trinajstić information content (AvgIpc) is 2.88. The van der Waals surface area contributed by atoms with E-state index in [-0.39, 0.29) is 21.7 Å². The van der Waals surface area contributed by atoms with Crippen molar-refractivity contribution in [2.45, 2.75) is 96.5 Å². The van der Waals surface area contributed by atoms with Crippen molar-refractivity contribution >= 4 is 29.4 Å². The Kier molecular flexibility index (Phi) is 4.24. The van der Waals surface area contributed by atoms with Gasteiger partial charge in [0.05, 0.1) is 0 Å². The van der Waals surface area contributed by atoms with Crippen LogP contribution < -0.4 is 0 Å². The van der Waals surface area contributed by atoms with Crippen molar-refractivity contribution in [3.63, 3.8) is 0 Å². The first-order valence-corrected chi connectivity index (χ1v) is 12.1. The van der Waals surface area contributed by atoms with E-state index in [9.17, 15) is 0 Å². The number of rotatable bonds is 0. The average molecular weight is 393 g/mol. The summed E-state index contributed by atoms with van der Waals surface area (Å²) in [4.78, 5) is 0. The zero-order valence-electron chi connectivity index (χ0n) is 20.7. The minimum atomic E-state index is 0.232. The van der Waals surface area contributed by atoms with E-state index in [0.717, 1.165) is 0 Å². The molecule has 154 valence electrons. The summed E-state index contributed by atoms with van der Waals surface area (Å²) in [7, 11) is 0. The van der Waals surface area contributed by atoms with Crippen LogP contribution in [0.4, 0.5) is 0 Å². The molecule has 1 aromatic rings. The second-order valence-electron chi connectivity index (χ2n) is 13.4. The van der Waals surface area contributed by atoms with E-state index in [2.05, 4.69) is 97.4 Å². The summed E-state index contributed by atoms with van der Waals surface area (Å²) < 4.78 is 0.517. The van der Waals surface area contributed by atoms with E-state index in [0.29, 0.717) is 4.59 Å². The van der Waals surface area contributed by atoms with Gasteiger partial charge < -0.3 is 0 Å². The second-order valence-corrected chi connectivity index (χ2v) is 13.4. The van der Waals surface area contributed by atoms with Crippen molar-refractivity contribution < 1.29 is 0 Å². The topological polar surface area (TPSA) is 0 Å². The van der Waals surface area contributed by atoms with Gasteiger partial charge in [-0.1, -0.05) is 0 Å². The first-order chi connectivity index (χ1) is 13.7. The molecule has 4 aliphatic carbocycles. The number of hydrogen-bond donors (Lipinski definition) is 0. The molecular formula is C29H37Li. The Bertz CT molecular complexity index is 1050. The van der Waals surface area contributed by atoms with E-state index in [1.807, 2.05) is 0 Å². The fourth-order valence-electron chi connectivity index (χ4n) is 6.92. The van der Waals surface area contributed by atoms with Gasteiger partial charge in [0.15, 0.2) is 0 Å². The fraction of sp³-hybridized carbons (Fsp3) is 0.586. The van der Waals surface area contributed by atoms with Gasteiger partial charge >= 0.3 is 194 Å². The van der Waals surface area contributed by atoms with Gasteiger partial charge in [-0.25, -0.2) is 0 Å². The molecule has 0 saturated heterocycles. The molecule has 1 aromatic carbocycles. The SMILES string of the molecule is [Li][CH]1C2=C(CC(C)(C)C=C2)c2c3c(c4c(c21)C(C)(C)CCC4(C)C)C=CC(C)(C)C3. The zero-order chi connectivity index (χ0) is 21.9. The van der Waals surface area contributed by atoms with Gasteiger partial charge in [-0.3, -0.25) is 0 Å². The Balaban J connectivity index is 1.92. The van der Waals surface area contributed by atoms with Gasteiger partial charge in [-0.15, -0.1) is 0 Å². The Labute approximate surface area is 193 Å². The molecule has 5 rings (SSSR count). The molecule has 0 aromatic heterocycles. The molecule has 0 saturated carbocycles. The van der Waals surface area contributed by atoms with Gasteiger partial charge in [-0.2, -0.15) is 0 Å². The summed E-state index contributed by atoms with van der Waals surface area (Å²) >= 11 is 2.48. The molecule has 0 radical (unpaired) electrons. The summed E-state index contributed by atoms with van der Waals surface area (Å²) in [6, 6.07) is 0. The van der Waals surface area contributed by atoms with Crippen molar-refractivity contribution in [2.24, 2.45) is 10.8 Å².